The van der Waals surface area contributed by atoms with Crippen LogP contribution in [0.5, 0.6) is 5.75 Å². The van der Waals surface area contributed by atoms with Gasteiger partial charge in [-0.05, 0) is 50.5 Å². The second kappa shape index (κ2) is 10.1. The molecule has 3 aromatic rings. The third-order valence-corrected chi connectivity index (χ3v) is 5.51. The molecule has 0 bridgehead atoms. The Kier molecular flexibility index (Phi) is 6.95. The van der Waals surface area contributed by atoms with Gasteiger partial charge in [0.25, 0.3) is 0 Å². The number of alkyl carbamates (subject to hydrolysis) is 1. The molecule has 2 N–H and O–H groups in total. The number of nitrogens with one attached hydrogen (secondary N) is 2. The van der Waals surface area contributed by atoms with Gasteiger partial charge in [0.1, 0.15) is 18.0 Å². The number of carbonyl (C=O) groups excluding carboxylic acids is 2. The molecule has 9 nitrogen and oxygen atoms in total. The van der Waals surface area contributed by atoms with Crippen LogP contribution in [0.1, 0.15) is 56.1 Å². The summed E-state index contributed by atoms with van der Waals surface area (Å²) in [5.74, 6) is 0.728. The van der Waals surface area contributed by atoms with Crippen molar-refractivity contribution in [2.24, 2.45) is 0 Å². The minimum Gasteiger partial charge on any atom is -0.497 e. The lowest BCUT2D eigenvalue weighted by Crippen LogP contribution is -2.37. The van der Waals surface area contributed by atoms with Gasteiger partial charge in [-0.2, -0.15) is 9.78 Å². The van der Waals surface area contributed by atoms with E-state index in [-0.39, 0.29) is 12.6 Å². The van der Waals surface area contributed by atoms with Crippen LogP contribution in [0.3, 0.4) is 0 Å². The van der Waals surface area contributed by atoms with E-state index in [1.807, 2.05) is 54.6 Å². The van der Waals surface area contributed by atoms with Gasteiger partial charge in [0.15, 0.2) is 0 Å². The molecule has 2 atom stereocenters. The minimum atomic E-state index is -0.696. The van der Waals surface area contributed by atoms with Crippen molar-refractivity contribution in [3.8, 4) is 5.75 Å². The van der Waals surface area contributed by atoms with Crippen molar-refractivity contribution in [2.75, 3.05) is 12.4 Å². The van der Waals surface area contributed by atoms with Gasteiger partial charge in [0.2, 0.25) is 0 Å². The zero-order valence-electron chi connectivity index (χ0n) is 20.3. The number of anilines is 1. The largest absolute Gasteiger partial charge is 0.497 e. The maximum atomic E-state index is 12.9. The van der Waals surface area contributed by atoms with Crippen molar-refractivity contribution in [1.82, 2.24) is 15.1 Å². The molecule has 4 rings (SSSR count). The van der Waals surface area contributed by atoms with Crippen LogP contribution < -0.4 is 15.4 Å². The van der Waals surface area contributed by atoms with Crippen molar-refractivity contribution in [1.29, 1.82) is 0 Å². The number of amides is 1. The van der Waals surface area contributed by atoms with E-state index in [0.29, 0.717) is 17.8 Å². The Morgan fingerprint density at radius 2 is 1.91 bits per heavy atom. The maximum absolute atomic E-state index is 12.9. The second-order valence-electron chi connectivity index (χ2n) is 9.30. The Bertz CT molecular complexity index is 1190. The summed E-state index contributed by atoms with van der Waals surface area (Å²) in [4.78, 5) is 25.6. The average Bonchev–Trinajstić information content (AvgIpc) is 3.27. The van der Waals surface area contributed by atoms with E-state index in [4.69, 9.17) is 14.2 Å². The smallest absolute Gasteiger partial charge is 0.435 e. The van der Waals surface area contributed by atoms with Gasteiger partial charge in [0.05, 0.1) is 36.8 Å². The van der Waals surface area contributed by atoms with Crippen molar-refractivity contribution < 1.29 is 23.8 Å². The van der Waals surface area contributed by atoms with Crippen LogP contribution in [0.2, 0.25) is 0 Å². The summed E-state index contributed by atoms with van der Waals surface area (Å²) in [5.41, 5.74) is 2.29. The fourth-order valence-corrected chi connectivity index (χ4v) is 3.96. The minimum absolute atomic E-state index is 0.134. The van der Waals surface area contributed by atoms with Gasteiger partial charge in [-0.15, -0.1) is 0 Å². The maximum Gasteiger partial charge on any atom is 0.435 e. The van der Waals surface area contributed by atoms with Crippen LogP contribution in [-0.2, 0) is 16.1 Å². The van der Waals surface area contributed by atoms with Gasteiger partial charge in [-0.25, -0.2) is 9.59 Å². The predicted molar refractivity (Wildman–Crippen MR) is 130 cm³/mol. The molecular weight excluding hydrogens is 448 g/mol. The highest BCUT2D eigenvalue weighted by atomic mass is 16.6. The van der Waals surface area contributed by atoms with Crippen molar-refractivity contribution in [3.05, 3.63) is 77.6 Å². The molecule has 0 saturated heterocycles. The predicted octanol–water partition coefficient (Wildman–Crippen LogP) is 5.20. The van der Waals surface area contributed by atoms with Crippen LogP contribution in [0.4, 0.5) is 15.3 Å². The first-order chi connectivity index (χ1) is 16.7. The molecule has 0 saturated carbocycles. The van der Waals surface area contributed by atoms with E-state index in [1.54, 1.807) is 34.1 Å². The van der Waals surface area contributed by atoms with E-state index >= 15 is 0 Å². The first kappa shape index (κ1) is 24.1. The summed E-state index contributed by atoms with van der Waals surface area (Å²) < 4.78 is 17.5. The fourth-order valence-electron chi connectivity index (χ4n) is 3.96. The zero-order chi connectivity index (χ0) is 25.0. The molecule has 2 heterocycles. The Labute approximate surface area is 204 Å². The highest BCUT2D eigenvalue weighted by Gasteiger charge is 2.35. The number of nitrogens with zero attached hydrogens (tertiary/aromatic N) is 2. The summed E-state index contributed by atoms with van der Waals surface area (Å²) >= 11 is 0. The molecule has 35 heavy (non-hydrogen) atoms. The standard InChI is InChI=1S/C26H30N4O5/c1-26(2,3)35-25(32)30-23-21(29-24(31)34-16-17-9-6-5-7-10-17)14-20(28-22(23)15-27-30)18-11-8-12-19(13-18)33-4/h5-13,15,20-21,28H,14,16H2,1-4H3,(H,29,31)/t20-,21-/m0/s1. The molecule has 0 aliphatic carbocycles. The second-order valence-corrected chi connectivity index (χ2v) is 9.30. The Balaban J connectivity index is 1.59. The van der Waals surface area contributed by atoms with Gasteiger partial charge in [-0.3, -0.25) is 0 Å². The molecule has 2 aromatic carbocycles. The average molecular weight is 479 g/mol. The van der Waals surface area contributed by atoms with E-state index in [1.165, 1.54) is 4.68 Å². The van der Waals surface area contributed by atoms with Gasteiger partial charge in [-0.1, -0.05) is 42.5 Å². The van der Waals surface area contributed by atoms with E-state index in [0.717, 1.165) is 16.9 Å². The van der Waals surface area contributed by atoms with Crippen LogP contribution in [0.15, 0.2) is 60.8 Å². The first-order valence-corrected chi connectivity index (χ1v) is 11.4. The third kappa shape index (κ3) is 5.92. The molecule has 1 aromatic heterocycles. The number of hydrogen-bond donors (Lipinski definition) is 2. The molecule has 1 amide bonds. The summed E-state index contributed by atoms with van der Waals surface area (Å²) in [6.45, 7) is 5.49. The molecule has 0 fully saturated rings. The number of rotatable bonds is 5. The van der Waals surface area contributed by atoms with E-state index in [2.05, 4.69) is 15.7 Å². The molecule has 0 unspecified atom stereocenters. The lowest BCUT2D eigenvalue weighted by atomic mass is 9.93. The zero-order valence-corrected chi connectivity index (χ0v) is 20.3. The number of benzene rings is 2. The van der Waals surface area contributed by atoms with Gasteiger partial charge >= 0.3 is 12.2 Å². The molecule has 184 valence electrons. The lowest BCUT2D eigenvalue weighted by Gasteiger charge is -2.32. The van der Waals surface area contributed by atoms with Crippen molar-refractivity contribution >= 4 is 17.9 Å². The number of aromatic nitrogens is 2. The number of hydrogen-bond acceptors (Lipinski definition) is 7. The number of carbonyl (C=O) groups is 2. The SMILES string of the molecule is COc1cccc([C@@H]2C[C@H](NC(=O)OCc3ccccc3)c3c(cnn3C(=O)OC(C)(C)C)N2)c1. The molecule has 1 aliphatic heterocycles. The quantitative estimate of drug-likeness (QED) is 0.519. The molecule has 9 heteroatoms. The Morgan fingerprint density at radius 3 is 2.63 bits per heavy atom. The topological polar surface area (TPSA) is 104 Å². The van der Waals surface area contributed by atoms with E-state index in [9.17, 15) is 9.59 Å². The number of fused-ring (bicyclic) bond motifs is 1. The first-order valence-electron chi connectivity index (χ1n) is 11.4. The summed E-state index contributed by atoms with van der Waals surface area (Å²) in [7, 11) is 1.61. The highest BCUT2D eigenvalue weighted by Crippen LogP contribution is 2.39. The summed E-state index contributed by atoms with van der Waals surface area (Å²) in [5, 5.41) is 10.6. The monoisotopic (exact) mass is 478 g/mol. The molecule has 0 radical (unpaired) electrons. The van der Waals surface area contributed by atoms with Crippen molar-refractivity contribution in [3.63, 3.8) is 0 Å². The molecule has 0 spiro atoms. The van der Waals surface area contributed by atoms with Gasteiger partial charge in [0, 0.05) is 0 Å². The lowest BCUT2D eigenvalue weighted by molar-refractivity contribution is 0.0504. The van der Waals surface area contributed by atoms with Crippen molar-refractivity contribution in [2.45, 2.75) is 51.5 Å². The Hall–Kier alpha value is -4.01. The van der Waals surface area contributed by atoms with Crippen LogP contribution >= 0.6 is 0 Å². The van der Waals surface area contributed by atoms with Crippen LogP contribution in [-0.4, -0.2) is 34.7 Å². The fraction of sp³-hybridized carbons (Fsp3) is 0.346. The van der Waals surface area contributed by atoms with Gasteiger partial charge < -0.3 is 24.8 Å². The summed E-state index contributed by atoms with van der Waals surface area (Å²) in [6, 6.07) is 16.4. The summed E-state index contributed by atoms with van der Waals surface area (Å²) in [6.07, 6.45) is 0.808. The highest BCUT2D eigenvalue weighted by molar-refractivity contribution is 5.75. The van der Waals surface area contributed by atoms with Crippen LogP contribution in [0.25, 0.3) is 0 Å². The van der Waals surface area contributed by atoms with E-state index < -0.39 is 23.8 Å². The normalized spacial score (nSPS) is 17.0. The number of methoxy groups -OCH3 is 1. The molecular formula is C26H30N4O5. The Morgan fingerprint density at radius 1 is 1.14 bits per heavy atom. The molecule has 1 aliphatic rings. The third-order valence-electron chi connectivity index (χ3n) is 5.51. The van der Waals surface area contributed by atoms with Crippen LogP contribution in [0, 0.1) is 0 Å². The number of ether oxygens (including phenoxy) is 3.